The van der Waals surface area contributed by atoms with Crippen LogP contribution in [0.5, 0.6) is 0 Å². The Morgan fingerprint density at radius 2 is 2.00 bits per heavy atom. The molecule has 1 aliphatic heterocycles. The minimum Gasteiger partial charge on any atom is -0.368 e. The topological polar surface area (TPSA) is 89.2 Å². The molecule has 0 amide bonds. The Morgan fingerprint density at radius 3 is 2.75 bits per heavy atom. The Bertz CT molecular complexity index is 779. The first kappa shape index (κ1) is 13.3. The summed E-state index contributed by atoms with van der Waals surface area (Å²) in [5.41, 5.74) is 6.90. The molecule has 2 aromatic rings. The number of rotatable bonds is 2. The molecule has 2 heterocycles. The van der Waals surface area contributed by atoms with Crippen LogP contribution in [0.3, 0.4) is 0 Å². The maximum atomic E-state index is 12.6. The molecule has 2 N–H and O–H groups in total. The summed E-state index contributed by atoms with van der Waals surface area (Å²) in [5.74, 6) is 0.140. The summed E-state index contributed by atoms with van der Waals surface area (Å²) >= 11 is 5.97. The van der Waals surface area contributed by atoms with Gasteiger partial charge in [0.25, 0.3) is 0 Å². The summed E-state index contributed by atoms with van der Waals surface area (Å²) in [6.45, 7) is 0.402. The number of hydrogen-bond acceptors (Lipinski definition) is 5. The third kappa shape index (κ3) is 2.13. The molecule has 104 valence electrons. The fraction of sp³-hybridized carbons (Fsp3) is 0.167. The lowest BCUT2D eigenvalue weighted by molar-refractivity contribution is 0.430. The molecule has 20 heavy (non-hydrogen) atoms. The predicted molar refractivity (Wildman–Crippen MR) is 74.3 cm³/mol. The molecule has 6 nitrogen and oxygen atoms in total. The maximum Gasteiger partial charge on any atom is 0.245 e. The monoisotopic (exact) mass is 310 g/mol. The summed E-state index contributed by atoms with van der Waals surface area (Å²) in [7, 11) is -3.66. The number of fused-ring (bicyclic) bond motifs is 1. The van der Waals surface area contributed by atoms with Crippen molar-refractivity contribution in [1.82, 2.24) is 14.3 Å². The van der Waals surface area contributed by atoms with E-state index in [1.165, 1.54) is 10.4 Å². The van der Waals surface area contributed by atoms with Crippen LogP contribution in [0.15, 0.2) is 35.4 Å². The first-order valence-corrected chi connectivity index (χ1v) is 7.65. The molecule has 3 rings (SSSR count). The number of sulfonamides is 1. The summed E-state index contributed by atoms with van der Waals surface area (Å²) < 4.78 is 26.5. The van der Waals surface area contributed by atoms with Gasteiger partial charge in [-0.2, -0.15) is 4.31 Å². The highest BCUT2D eigenvalue weighted by atomic mass is 35.5. The van der Waals surface area contributed by atoms with Crippen molar-refractivity contribution in [2.75, 3.05) is 5.73 Å². The molecule has 1 aliphatic rings. The lowest BCUT2D eigenvalue weighted by Gasteiger charge is -2.16. The summed E-state index contributed by atoms with van der Waals surface area (Å²) in [6, 6.07) is 6.36. The molecule has 0 bridgehead atoms. The molecule has 0 fully saturated rings. The number of aromatic nitrogens is 2. The maximum absolute atomic E-state index is 12.6. The van der Waals surface area contributed by atoms with E-state index in [1.54, 1.807) is 24.4 Å². The van der Waals surface area contributed by atoms with E-state index in [1.807, 2.05) is 0 Å². The SMILES string of the molecule is Nc1ncc2c(n1)CN(S(=O)(=O)c1ccccc1Cl)C2. The van der Waals surface area contributed by atoms with E-state index in [0.717, 1.165) is 5.56 Å². The zero-order valence-electron chi connectivity index (χ0n) is 10.3. The quantitative estimate of drug-likeness (QED) is 0.906. The van der Waals surface area contributed by atoms with Gasteiger partial charge in [0.1, 0.15) is 4.90 Å². The second-order valence-electron chi connectivity index (χ2n) is 4.40. The van der Waals surface area contributed by atoms with E-state index >= 15 is 0 Å². The molecule has 0 unspecified atom stereocenters. The molecule has 0 radical (unpaired) electrons. The van der Waals surface area contributed by atoms with Crippen molar-refractivity contribution in [3.63, 3.8) is 0 Å². The second-order valence-corrected chi connectivity index (χ2v) is 6.72. The minimum absolute atomic E-state index is 0.0930. The van der Waals surface area contributed by atoms with Crippen molar-refractivity contribution in [2.24, 2.45) is 0 Å². The van der Waals surface area contributed by atoms with Crippen molar-refractivity contribution < 1.29 is 8.42 Å². The number of halogens is 1. The first-order valence-electron chi connectivity index (χ1n) is 5.83. The van der Waals surface area contributed by atoms with Crippen molar-refractivity contribution in [3.8, 4) is 0 Å². The fourth-order valence-corrected chi connectivity index (χ4v) is 3.98. The Hall–Kier alpha value is -1.70. The first-order chi connectivity index (χ1) is 9.48. The molecule has 1 aromatic carbocycles. The van der Waals surface area contributed by atoms with Gasteiger partial charge in [0, 0.05) is 18.3 Å². The lowest BCUT2D eigenvalue weighted by Crippen LogP contribution is -2.26. The van der Waals surface area contributed by atoms with Crippen molar-refractivity contribution in [2.45, 2.75) is 18.0 Å². The Morgan fingerprint density at radius 1 is 1.25 bits per heavy atom. The number of nitrogens with two attached hydrogens (primary N) is 1. The van der Waals surface area contributed by atoms with E-state index in [2.05, 4.69) is 9.97 Å². The fourth-order valence-electron chi connectivity index (χ4n) is 2.10. The molecular weight excluding hydrogens is 300 g/mol. The van der Waals surface area contributed by atoms with Gasteiger partial charge < -0.3 is 5.73 Å². The average molecular weight is 311 g/mol. The second kappa shape index (κ2) is 4.69. The lowest BCUT2D eigenvalue weighted by atomic mass is 10.3. The number of nitrogen functional groups attached to an aromatic ring is 1. The highest BCUT2D eigenvalue weighted by Crippen LogP contribution is 2.30. The van der Waals surface area contributed by atoms with Crippen LogP contribution in [-0.4, -0.2) is 22.7 Å². The van der Waals surface area contributed by atoms with Gasteiger partial charge in [-0.05, 0) is 12.1 Å². The zero-order chi connectivity index (χ0) is 14.3. The van der Waals surface area contributed by atoms with E-state index in [-0.39, 0.29) is 29.0 Å². The molecular formula is C12H11ClN4O2S. The van der Waals surface area contributed by atoms with Gasteiger partial charge in [0.2, 0.25) is 16.0 Å². The third-order valence-electron chi connectivity index (χ3n) is 3.10. The van der Waals surface area contributed by atoms with Gasteiger partial charge in [0.05, 0.1) is 17.3 Å². The summed E-state index contributed by atoms with van der Waals surface area (Å²) in [5, 5.41) is 0.203. The van der Waals surface area contributed by atoms with Crippen LogP contribution in [0.25, 0.3) is 0 Å². The zero-order valence-corrected chi connectivity index (χ0v) is 11.9. The number of benzene rings is 1. The predicted octanol–water partition coefficient (Wildman–Crippen LogP) is 1.42. The van der Waals surface area contributed by atoms with Crippen LogP contribution in [0.2, 0.25) is 5.02 Å². The van der Waals surface area contributed by atoms with Gasteiger partial charge in [-0.3, -0.25) is 0 Å². The van der Waals surface area contributed by atoms with E-state index in [0.29, 0.717) is 5.69 Å². The highest BCUT2D eigenvalue weighted by molar-refractivity contribution is 7.89. The van der Waals surface area contributed by atoms with E-state index in [4.69, 9.17) is 17.3 Å². The van der Waals surface area contributed by atoms with Crippen molar-refractivity contribution >= 4 is 27.6 Å². The standard InChI is InChI=1S/C12H11ClN4O2S/c13-9-3-1-2-4-11(9)20(18,19)17-6-8-5-15-12(14)16-10(8)7-17/h1-5H,6-7H2,(H2,14,15,16). The van der Waals surface area contributed by atoms with Gasteiger partial charge in [0.15, 0.2) is 0 Å². The smallest absolute Gasteiger partial charge is 0.245 e. The highest BCUT2D eigenvalue weighted by Gasteiger charge is 2.32. The molecule has 0 saturated heterocycles. The van der Waals surface area contributed by atoms with Crippen molar-refractivity contribution in [1.29, 1.82) is 0 Å². The third-order valence-corrected chi connectivity index (χ3v) is 5.39. The summed E-state index contributed by atoms with van der Waals surface area (Å²) in [6.07, 6.45) is 1.56. The van der Waals surface area contributed by atoms with E-state index < -0.39 is 10.0 Å². The van der Waals surface area contributed by atoms with Crippen LogP contribution in [-0.2, 0) is 23.1 Å². The Balaban J connectivity index is 1.98. The number of hydrogen-bond donors (Lipinski definition) is 1. The number of nitrogens with zero attached hydrogens (tertiary/aromatic N) is 3. The van der Waals surface area contributed by atoms with Gasteiger partial charge in [-0.1, -0.05) is 23.7 Å². The van der Waals surface area contributed by atoms with E-state index in [9.17, 15) is 8.42 Å². The van der Waals surface area contributed by atoms with Crippen LogP contribution >= 0.6 is 11.6 Å². The van der Waals surface area contributed by atoms with Gasteiger partial charge in [-0.25, -0.2) is 18.4 Å². The van der Waals surface area contributed by atoms with Gasteiger partial charge >= 0.3 is 0 Å². The average Bonchev–Trinajstić information content (AvgIpc) is 2.82. The molecule has 8 heteroatoms. The summed E-state index contributed by atoms with van der Waals surface area (Å²) in [4.78, 5) is 8.03. The Kier molecular flexibility index (Phi) is 3.12. The van der Waals surface area contributed by atoms with Crippen LogP contribution in [0.4, 0.5) is 5.95 Å². The molecule has 0 atom stereocenters. The largest absolute Gasteiger partial charge is 0.368 e. The molecule has 0 aliphatic carbocycles. The molecule has 0 saturated carbocycles. The number of anilines is 1. The van der Waals surface area contributed by atoms with Crippen LogP contribution in [0, 0.1) is 0 Å². The normalized spacial score (nSPS) is 15.2. The van der Waals surface area contributed by atoms with Crippen LogP contribution < -0.4 is 5.73 Å². The van der Waals surface area contributed by atoms with Crippen molar-refractivity contribution in [3.05, 3.63) is 46.7 Å². The molecule has 1 aromatic heterocycles. The minimum atomic E-state index is -3.66. The van der Waals surface area contributed by atoms with Gasteiger partial charge in [-0.15, -0.1) is 0 Å². The Labute approximate surface area is 121 Å². The van der Waals surface area contributed by atoms with Crippen LogP contribution in [0.1, 0.15) is 11.3 Å². The molecule has 0 spiro atoms.